The molecule has 1 rings (SSSR count). The van der Waals surface area contributed by atoms with Crippen LogP contribution in [0.4, 0.5) is 0 Å². The number of halogens is 1. The third-order valence-electron chi connectivity index (χ3n) is 1.45. The summed E-state index contributed by atoms with van der Waals surface area (Å²) in [4.78, 5) is 0. The molecule has 1 saturated heterocycles. The molecular weight excluding hydrogens is 140 g/mol. The Morgan fingerprint density at radius 2 is 2.44 bits per heavy atom. The van der Waals surface area contributed by atoms with Crippen molar-refractivity contribution in [3.05, 3.63) is 0 Å². The van der Waals surface area contributed by atoms with Gasteiger partial charge in [-0.1, -0.05) is 0 Å². The summed E-state index contributed by atoms with van der Waals surface area (Å²) in [7, 11) is 1.64. The monoisotopic (exact) mass is 150 g/mol. The van der Waals surface area contributed by atoms with Crippen LogP contribution in [-0.2, 0) is 9.47 Å². The van der Waals surface area contributed by atoms with Gasteiger partial charge in [0.15, 0.2) is 6.29 Å². The second-order valence-electron chi connectivity index (χ2n) is 2.16. The van der Waals surface area contributed by atoms with Crippen molar-refractivity contribution in [1.82, 2.24) is 0 Å². The Morgan fingerprint density at radius 3 is 2.89 bits per heavy atom. The molecule has 1 heterocycles. The van der Waals surface area contributed by atoms with Gasteiger partial charge in [0.05, 0.1) is 6.61 Å². The van der Waals surface area contributed by atoms with E-state index in [1.165, 1.54) is 0 Å². The van der Waals surface area contributed by atoms with Gasteiger partial charge in [-0.05, 0) is 6.42 Å². The van der Waals surface area contributed by atoms with Crippen molar-refractivity contribution < 1.29 is 9.47 Å². The number of ether oxygens (including phenoxy) is 2. The van der Waals surface area contributed by atoms with Gasteiger partial charge < -0.3 is 9.47 Å². The zero-order valence-corrected chi connectivity index (χ0v) is 6.23. The maximum absolute atomic E-state index is 5.83. The van der Waals surface area contributed by atoms with E-state index in [0.29, 0.717) is 0 Å². The average Bonchev–Trinajstić information content (AvgIpc) is 1.88. The van der Waals surface area contributed by atoms with Crippen LogP contribution >= 0.6 is 11.6 Å². The average molecular weight is 151 g/mol. The smallest absolute Gasteiger partial charge is 0.158 e. The summed E-state index contributed by atoms with van der Waals surface area (Å²) in [6, 6.07) is 0. The molecule has 1 aliphatic heterocycles. The first kappa shape index (κ1) is 7.32. The molecule has 0 aromatic carbocycles. The number of hydrogen-bond donors (Lipinski definition) is 0. The quantitative estimate of drug-likeness (QED) is 0.526. The Kier molecular flexibility index (Phi) is 2.76. The molecule has 0 bridgehead atoms. The van der Waals surface area contributed by atoms with Gasteiger partial charge in [-0.25, -0.2) is 0 Å². The molecule has 0 spiro atoms. The van der Waals surface area contributed by atoms with Crippen LogP contribution in [0, 0.1) is 0 Å². The van der Waals surface area contributed by atoms with Crippen molar-refractivity contribution in [3.63, 3.8) is 0 Å². The highest BCUT2D eigenvalue weighted by molar-refractivity contribution is 6.20. The summed E-state index contributed by atoms with van der Waals surface area (Å²) in [5, 5.41) is 0.240. The van der Waals surface area contributed by atoms with Gasteiger partial charge in [0.25, 0.3) is 0 Å². The lowest BCUT2D eigenvalue weighted by atomic mass is 10.2. The maximum atomic E-state index is 5.83. The van der Waals surface area contributed by atoms with Crippen molar-refractivity contribution in [2.45, 2.75) is 24.5 Å². The number of methoxy groups -OCH3 is 1. The van der Waals surface area contributed by atoms with Crippen LogP contribution in [0.3, 0.4) is 0 Å². The van der Waals surface area contributed by atoms with Gasteiger partial charge >= 0.3 is 0 Å². The minimum atomic E-state index is -0.0683. The second kappa shape index (κ2) is 3.40. The molecular formula is C6H11ClO2. The molecule has 1 fully saturated rings. The molecule has 0 amide bonds. The van der Waals surface area contributed by atoms with E-state index in [9.17, 15) is 0 Å². The molecule has 9 heavy (non-hydrogen) atoms. The Hall–Kier alpha value is 0.210. The van der Waals surface area contributed by atoms with E-state index < -0.39 is 0 Å². The van der Waals surface area contributed by atoms with Crippen LogP contribution in [0.2, 0.25) is 0 Å². The van der Waals surface area contributed by atoms with Gasteiger partial charge in [0, 0.05) is 18.9 Å². The van der Waals surface area contributed by atoms with Crippen LogP contribution in [0.15, 0.2) is 0 Å². The molecule has 2 nitrogen and oxygen atoms in total. The number of alkyl halides is 1. The molecule has 3 heteroatoms. The fraction of sp³-hybridized carbons (Fsp3) is 1.00. The fourth-order valence-electron chi connectivity index (χ4n) is 0.886. The Bertz CT molecular complexity index is 87.1. The van der Waals surface area contributed by atoms with Gasteiger partial charge in [-0.3, -0.25) is 0 Å². The normalized spacial score (nSPS) is 36.7. The van der Waals surface area contributed by atoms with Crippen molar-refractivity contribution in [2.24, 2.45) is 0 Å². The first-order valence-corrected chi connectivity index (χ1v) is 3.55. The Balaban J connectivity index is 2.23. The number of hydrogen-bond acceptors (Lipinski definition) is 2. The van der Waals surface area contributed by atoms with Crippen LogP contribution in [-0.4, -0.2) is 25.4 Å². The van der Waals surface area contributed by atoms with Crippen LogP contribution in [0.25, 0.3) is 0 Å². The summed E-state index contributed by atoms with van der Waals surface area (Å²) >= 11 is 5.83. The van der Waals surface area contributed by atoms with E-state index >= 15 is 0 Å². The van der Waals surface area contributed by atoms with Crippen molar-refractivity contribution in [1.29, 1.82) is 0 Å². The van der Waals surface area contributed by atoms with Crippen LogP contribution in [0.1, 0.15) is 12.8 Å². The third kappa shape index (κ3) is 2.12. The lowest BCUT2D eigenvalue weighted by molar-refractivity contribution is -0.143. The first-order chi connectivity index (χ1) is 4.33. The topological polar surface area (TPSA) is 18.5 Å². The molecule has 54 valence electrons. The molecule has 0 saturated carbocycles. The van der Waals surface area contributed by atoms with E-state index in [2.05, 4.69) is 0 Å². The zero-order chi connectivity index (χ0) is 6.69. The van der Waals surface area contributed by atoms with E-state index in [0.717, 1.165) is 19.4 Å². The molecule has 0 aliphatic carbocycles. The Morgan fingerprint density at radius 1 is 1.67 bits per heavy atom. The van der Waals surface area contributed by atoms with Gasteiger partial charge in [0.2, 0.25) is 0 Å². The molecule has 0 N–H and O–H groups in total. The molecule has 0 aromatic heterocycles. The largest absolute Gasteiger partial charge is 0.356 e. The van der Waals surface area contributed by atoms with Crippen LogP contribution < -0.4 is 0 Å². The highest BCUT2D eigenvalue weighted by Crippen LogP contribution is 2.18. The van der Waals surface area contributed by atoms with Crippen molar-refractivity contribution >= 4 is 11.6 Å². The molecule has 0 aromatic rings. The SMILES string of the molecule is CO[C@@H]1C[C@@H](Cl)CCO1. The predicted molar refractivity (Wildman–Crippen MR) is 35.6 cm³/mol. The van der Waals surface area contributed by atoms with E-state index in [-0.39, 0.29) is 11.7 Å². The summed E-state index contributed by atoms with van der Waals surface area (Å²) in [6.45, 7) is 0.729. The lowest BCUT2D eigenvalue weighted by Crippen LogP contribution is -2.27. The minimum absolute atomic E-state index is 0.0683. The van der Waals surface area contributed by atoms with Gasteiger partial charge in [-0.15, -0.1) is 11.6 Å². The van der Waals surface area contributed by atoms with E-state index in [4.69, 9.17) is 21.1 Å². The standard InChI is InChI=1S/C6H11ClO2/c1-8-6-4-5(7)2-3-9-6/h5-6H,2-4H2,1H3/t5-,6-/m0/s1. The van der Waals surface area contributed by atoms with Crippen molar-refractivity contribution in [3.8, 4) is 0 Å². The second-order valence-corrected chi connectivity index (χ2v) is 2.77. The van der Waals surface area contributed by atoms with E-state index in [1.807, 2.05) is 0 Å². The molecule has 0 radical (unpaired) electrons. The van der Waals surface area contributed by atoms with Gasteiger partial charge in [0.1, 0.15) is 0 Å². The highest BCUT2D eigenvalue weighted by Gasteiger charge is 2.19. The third-order valence-corrected chi connectivity index (χ3v) is 1.84. The minimum Gasteiger partial charge on any atom is -0.356 e. The fourth-order valence-corrected chi connectivity index (χ4v) is 1.12. The lowest BCUT2D eigenvalue weighted by Gasteiger charge is -2.24. The highest BCUT2D eigenvalue weighted by atomic mass is 35.5. The van der Waals surface area contributed by atoms with Crippen LogP contribution in [0.5, 0.6) is 0 Å². The number of rotatable bonds is 1. The summed E-state index contributed by atoms with van der Waals surface area (Å²) < 4.78 is 10.1. The first-order valence-electron chi connectivity index (χ1n) is 3.11. The predicted octanol–water partition coefficient (Wildman–Crippen LogP) is 1.38. The maximum Gasteiger partial charge on any atom is 0.158 e. The summed E-state index contributed by atoms with van der Waals surface area (Å²) in [5.74, 6) is 0. The zero-order valence-electron chi connectivity index (χ0n) is 5.47. The van der Waals surface area contributed by atoms with Crippen molar-refractivity contribution in [2.75, 3.05) is 13.7 Å². The van der Waals surface area contributed by atoms with Gasteiger partial charge in [-0.2, -0.15) is 0 Å². The molecule has 0 unspecified atom stereocenters. The molecule has 2 atom stereocenters. The summed E-state index contributed by atoms with van der Waals surface area (Å²) in [6.07, 6.45) is 1.70. The molecule has 1 aliphatic rings. The van der Waals surface area contributed by atoms with E-state index in [1.54, 1.807) is 7.11 Å². The Labute approximate surface area is 60.1 Å². The summed E-state index contributed by atoms with van der Waals surface area (Å²) in [5.41, 5.74) is 0.